The molecule has 240 valence electrons. The van der Waals surface area contributed by atoms with Crippen molar-refractivity contribution in [3.05, 3.63) is 46.6 Å². The quantitative estimate of drug-likeness (QED) is 0.270. The van der Waals surface area contributed by atoms with Crippen LogP contribution in [0.4, 0.5) is 0 Å². The molecule has 3 aliphatic rings. The van der Waals surface area contributed by atoms with Crippen molar-refractivity contribution in [2.45, 2.75) is 153 Å². The Balaban J connectivity index is 1.98. The van der Waals surface area contributed by atoms with Gasteiger partial charge < -0.3 is 5.11 Å². The number of rotatable bonds is 9. The largest absolute Gasteiger partial charge is 0.393 e. The van der Waals surface area contributed by atoms with Crippen LogP contribution in [0, 0.1) is 58.7 Å². The highest BCUT2D eigenvalue weighted by Crippen LogP contribution is 2.47. The topological polar surface area (TPSA) is 20.2 Å². The van der Waals surface area contributed by atoms with E-state index >= 15 is 0 Å². The normalized spacial score (nSPS) is 34.0. The van der Waals surface area contributed by atoms with E-state index in [0.29, 0.717) is 40.9 Å². The summed E-state index contributed by atoms with van der Waals surface area (Å²) in [6.45, 7) is 31.3. The van der Waals surface area contributed by atoms with E-state index in [9.17, 15) is 5.11 Å². The van der Waals surface area contributed by atoms with Crippen LogP contribution in [0.25, 0.3) is 0 Å². The first-order valence-electron chi connectivity index (χ1n) is 18.1. The predicted octanol–water partition coefficient (Wildman–Crippen LogP) is 12.1. The Bertz CT molecular complexity index is 981. The maximum Gasteiger partial charge on any atom is 0.0546 e. The number of hydrogen-bond acceptors (Lipinski definition) is 1. The Labute approximate surface area is 262 Å². The fourth-order valence-electron chi connectivity index (χ4n) is 8.95. The summed E-state index contributed by atoms with van der Waals surface area (Å²) >= 11 is 0. The molecule has 42 heavy (non-hydrogen) atoms. The fraction of sp³-hybridized carbons (Fsp3) is 0.805. The molecule has 1 heteroatoms. The summed E-state index contributed by atoms with van der Waals surface area (Å²) in [6, 6.07) is 0. The summed E-state index contributed by atoms with van der Waals surface area (Å²) in [7, 11) is 0. The van der Waals surface area contributed by atoms with Crippen molar-refractivity contribution in [2.24, 2.45) is 58.7 Å². The minimum absolute atomic E-state index is 0.226. The second-order valence-corrected chi connectivity index (χ2v) is 16.8. The van der Waals surface area contributed by atoms with E-state index < -0.39 is 0 Å². The molecule has 1 nitrogen and oxygen atoms in total. The number of hydrogen-bond donors (Lipinski definition) is 1. The van der Waals surface area contributed by atoms with Crippen LogP contribution in [0.3, 0.4) is 0 Å². The molecule has 0 radical (unpaired) electrons. The summed E-state index contributed by atoms with van der Waals surface area (Å²) < 4.78 is 0. The van der Waals surface area contributed by atoms with Gasteiger partial charge in [0.1, 0.15) is 0 Å². The van der Waals surface area contributed by atoms with Crippen molar-refractivity contribution in [2.75, 3.05) is 0 Å². The van der Waals surface area contributed by atoms with E-state index in [0.717, 1.165) is 31.1 Å². The van der Waals surface area contributed by atoms with E-state index in [1.54, 1.807) is 22.3 Å². The fourth-order valence-corrected chi connectivity index (χ4v) is 8.95. The SMILES string of the molecule is C=C(CC(C/C1=C(\C(C)C2C=CCC(C)C2C)C(C)CCCCCC1C)C(C)O)C1=C(C(C)C)CC(C(C)(C)C)CC1. The first-order valence-corrected chi connectivity index (χ1v) is 18.1. The van der Waals surface area contributed by atoms with E-state index in [1.807, 2.05) is 6.92 Å². The van der Waals surface area contributed by atoms with Crippen LogP contribution >= 0.6 is 0 Å². The van der Waals surface area contributed by atoms with Crippen LogP contribution in [-0.2, 0) is 0 Å². The summed E-state index contributed by atoms with van der Waals surface area (Å²) in [4.78, 5) is 0. The minimum atomic E-state index is -0.330. The van der Waals surface area contributed by atoms with Crippen molar-refractivity contribution in [1.29, 1.82) is 0 Å². The Morgan fingerprint density at radius 2 is 1.60 bits per heavy atom. The van der Waals surface area contributed by atoms with Gasteiger partial charge in [0.2, 0.25) is 0 Å². The zero-order valence-electron chi connectivity index (χ0n) is 29.9. The van der Waals surface area contributed by atoms with Gasteiger partial charge in [-0.2, -0.15) is 0 Å². The molecule has 9 atom stereocenters. The van der Waals surface area contributed by atoms with Crippen LogP contribution < -0.4 is 0 Å². The molecule has 3 aliphatic carbocycles. The summed E-state index contributed by atoms with van der Waals surface area (Å²) in [5.41, 5.74) is 8.30. The standard InChI is InChI=1S/C41H70O/c1-26(2)38-25-35(41(10,11)12)21-22-36(38)30(6)23-34(33(9)42)24-39-28(4)17-14-13-15-18-29(5)40(39)32(8)37-20-16-19-27(3)31(37)7/h16,20,26-29,31-35,37,42H,6,13-15,17-19,21-25H2,1-5,7-12H3/b40-39+. The third-order valence-corrected chi connectivity index (χ3v) is 12.3. The van der Waals surface area contributed by atoms with E-state index in [2.05, 4.69) is 81.4 Å². The van der Waals surface area contributed by atoms with Gasteiger partial charge in [0.25, 0.3) is 0 Å². The molecule has 0 amide bonds. The van der Waals surface area contributed by atoms with Crippen molar-refractivity contribution >= 4 is 0 Å². The maximum atomic E-state index is 11.3. The maximum absolute atomic E-state index is 11.3. The van der Waals surface area contributed by atoms with Gasteiger partial charge >= 0.3 is 0 Å². The number of aliphatic hydroxyl groups is 1. The van der Waals surface area contributed by atoms with Gasteiger partial charge in [-0.3, -0.25) is 0 Å². The Kier molecular flexibility index (Phi) is 12.9. The first-order chi connectivity index (χ1) is 19.6. The highest BCUT2D eigenvalue weighted by Gasteiger charge is 2.36. The molecular weight excluding hydrogens is 508 g/mol. The van der Waals surface area contributed by atoms with Gasteiger partial charge in [0.15, 0.2) is 0 Å². The minimum Gasteiger partial charge on any atom is -0.393 e. The number of allylic oxidation sites excluding steroid dienone is 7. The highest BCUT2D eigenvalue weighted by molar-refractivity contribution is 5.37. The lowest BCUT2D eigenvalue weighted by Crippen LogP contribution is -2.30. The molecule has 0 aromatic carbocycles. The van der Waals surface area contributed by atoms with E-state index in [4.69, 9.17) is 6.58 Å². The average Bonchev–Trinajstić information content (AvgIpc) is 2.97. The Hall–Kier alpha value is -1.08. The van der Waals surface area contributed by atoms with Gasteiger partial charge in [-0.15, -0.1) is 0 Å². The van der Waals surface area contributed by atoms with Crippen LogP contribution in [0.2, 0.25) is 0 Å². The van der Waals surface area contributed by atoms with Gasteiger partial charge in [0.05, 0.1) is 6.10 Å². The molecule has 0 bridgehead atoms. The van der Waals surface area contributed by atoms with Crippen molar-refractivity contribution in [1.82, 2.24) is 0 Å². The van der Waals surface area contributed by atoms with Gasteiger partial charge in [-0.05, 0) is 123 Å². The van der Waals surface area contributed by atoms with Gasteiger partial charge in [-0.25, -0.2) is 0 Å². The molecular formula is C41H70O. The van der Waals surface area contributed by atoms with Crippen LogP contribution in [-0.4, -0.2) is 11.2 Å². The summed E-state index contributed by atoms with van der Waals surface area (Å²) in [5.74, 6) is 5.38. The van der Waals surface area contributed by atoms with Gasteiger partial charge in [-0.1, -0.05) is 130 Å². The average molecular weight is 579 g/mol. The molecule has 9 unspecified atom stereocenters. The molecule has 0 spiro atoms. The smallest absolute Gasteiger partial charge is 0.0546 e. The second-order valence-electron chi connectivity index (χ2n) is 16.8. The molecule has 3 rings (SSSR count). The van der Waals surface area contributed by atoms with Crippen molar-refractivity contribution in [3.63, 3.8) is 0 Å². The highest BCUT2D eigenvalue weighted by atomic mass is 16.3. The van der Waals surface area contributed by atoms with E-state index in [-0.39, 0.29) is 12.0 Å². The van der Waals surface area contributed by atoms with Crippen LogP contribution in [0.5, 0.6) is 0 Å². The lowest BCUT2D eigenvalue weighted by Gasteiger charge is -2.40. The van der Waals surface area contributed by atoms with Crippen molar-refractivity contribution < 1.29 is 5.11 Å². The molecule has 0 aromatic heterocycles. The third kappa shape index (κ3) is 8.76. The van der Waals surface area contributed by atoms with Crippen molar-refractivity contribution in [3.8, 4) is 0 Å². The Morgan fingerprint density at radius 3 is 2.19 bits per heavy atom. The summed E-state index contributed by atoms with van der Waals surface area (Å²) in [5, 5.41) is 11.3. The van der Waals surface area contributed by atoms with E-state index in [1.165, 1.54) is 56.9 Å². The zero-order valence-corrected chi connectivity index (χ0v) is 29.9. The monoisotopic (exact) mass is 579 g/mol. The molecule has 0 aliphatic heterocycles. The number of aliphatic hydroxyl groups excluding tert-OH is 1. The lowest BCUT2D eigenvalue weighted by atomic mass is 9.66. The zero-order chi connectivity index (χ0) is 31.4. The molecule has 0 fully saturated rings. The van der Waals surface area contributed by atoms with Crippen LogP contribution in [0.15, 0.2) is 46.6 Å². The molecule has 0 aromatic rings. The lowest BCUT2D eigenvalue weighted by molar-refractivity contribution is 0.123. The molecule has 0 saturated carbocycles. The molecule has 0 heterocycles. The van der Waals surface area contributed by atoms with Gasteiger partial charge in [0, 0.05) is 0 Å². The summed E-state index contributed by atoms with van der Waals surface area (Å²) in [6.07, 6.45) is 18.1. The second kappa shape index (κ2) is 15.3. The van der Waals surface area contributed by atoms with Crippen LogP contribution in [0.1, 0.15) is 147 Å². The third-order valence-electron chi connectivity index (χ3n) is 12.3. The Morgan fingerprint density at radius 1 is 0.952 bits per heavy atom. The first kappa shape index (κ1) is 35.4. The predicted molar refractivity (Wildman–Crippen MR) is 185 cm³/mol. The molecule has 0 saturated heterocycles. The molecule has 1 N–H and O–H groups in total.